The highest BCUT2D eigenvalue weighted by Gasteiger charge is 2.15. The number of aromatic nitrogens is 4. The molecule has 19 heavy (non-hydrogen) atoms. The van der Waals surface area contributed by atoms with E-state index in [0.29, 0.717) is 10.7 Å². The van der Waals surface area contributed by atoms with Crippen LogP contribution < -0.4 is 4.74 Å². The van der Waals surface area contributed by atoms with E-state index in [4.69, 9.17) is 17.0 Å². The van der Waals surface area contributed by atoms with Crippen LogP contribution in [0.2, 0.25) is 0 Å². The number of ether oxygens (including phenoxy) is 1. The normalized spacial score (nSPS) is 13.1. The maximum Gasteiger partial charge on any atom is 0.242 e. The van der Waals surface area contributed by atoms with Crippen molar-refractivity contribution in [1.82, 2.24) is 24.4 Å². The van der Waals surface area contributed by atoms with Crippen LogP contribution in [0, 0.1) is 4.77 Å². The molecule has 0 aliphatic heterocycles. The van der Waals surface area contributed by atoms with Crippen molar-refractivity contribution in [2.75, 3.05) is 27.7 Å². The van der Waals surface area contributed by atoms with Crippen LogP contribution in [-0.2, 0) is 0 Å². The molecule has 1 N–H and O–H groups in total. The fraction of sp³-hybridized carbons (Fsp3) is 0.583. The van der Waals surface area contributed by atoms with Crippen LogP contribution in [0.4, 0.5) is 0 Å². The summed E-state index contributed by atoms with van der Waals surface area (Å²) in [5, 5.41) is 0. The molecule has 6 nitrogen and oxygen atoms in total. The number of hydrogen-bond donors (Lipinski definition) is 1. The lowest BCUT2D eigenvalue weighted by atomic mass is 10.2. The number of methoxy groups -OCH3 is 1. The SMILES string of the molecule is COc1ncnc2c1[nH]c(=S)n2C(C)CCN(C)C. The van der Waals surface area contributed by atoms with Crippen LogP contribution >= 0.6 is 12.2 Å². The van der Waals surface area contributed by atoms with Gasteiger partial charge in [0, 0.05) is 6.04 Å². The smallest absolute Gasteiger partial charge is 0.242 e. The zero-order valence-electron chi connectivity index (χ0n) is 11.7. The predicted molar refractivity (Wildman–Crippen MR) is 77.1 cm³/mol. The molecule has 2 aromatic heterocycles. The van der Waals surface area contributed by atoms with E-state index in [1.54, 1.807) is 7.11 Å². The van der Waals surface area contributed by atoms with Gasteiger partial charge in [0.25, 0.3) is 0 Å². The van der Waals surface area contributed by atoms with E-state index in [1.165, 1.54) is 6.33 Å². The minimum atomic E-state index is 0.267. The van der Waals surface area contributed by atoms with Crippen molar-refractivity contribution >= 4 is 23.4 Å². The molecule has 0 saturated carbocycles. The third-order valence-corrected chi connectivity index (χ3v) is 3.40. The molecular formula is C12H19N5OS. The van der Waals surface area contributed by atoms with Gasteiger partial charge in [0.05, 0.1) is 7.11 Å². The molecule has 0 spiro atoms. The molecule has 0 bridgehead atoms. The lowest BCUT2D eigenvalue weighted by Crippen LogP contribution is -2.17. The second kappa shape index (κ2) is 5.66. The molecule has 0 amide bonds. The summed E-state index contributed by atoms with van der Waals surface area (Å²) in [5.41, 5.74) is 1.55. The molecule has 1 atom stereocenters. The minimum absolute atomic E-state index is 0.267. The van der Waals surface area contributed by atoms with Gasteiger partial charge in [-0.15, -0.1) is 0 Å². The van der Waals surface area contributed by atoms with E-state index < -0.39 is 0 Å². The van der Waals surface area contributed by atoms with Crippen molar-refractivity contribution in [3.05, 3.63) is 11.1 Å². The van der Waals surface area contributed by atoms with E-state index in [0.717, 1.165) is 24.1 Å². The average molecular weight is 281 g/mol. The molecule has 0 aliphatic rings. The average Bonchev–Trinajstić information content (AvgIpc) is 2.71. The number of nitrogens with one attached hydrogen (secondary N) is 1. The second-order valence-corrected chi connectivity index (χ2v) is 5.21. The number of hydrogen-bond acceptors (Lipinski definition) is 5. The van der Waals surface area contributed by atoms with Crippen LogP contribution in [0.15, 0.2) is 6.33 Å². The Morgan fingerprint density at radius 2 is 2.21 bits per heavy atom. The van der Waals surface area contributed by atoms with Crippen LogP contribution in [0.25, 0.3) is 11.2 Å². The van der Waals surface area contributed by atoms with Crippen LogP contribution in [0.1, 0.15) is 19.4 Å². The highest BCUT2D eigenvalue weighted by molar-refractivity contribution is 7.71. The molecular weight excluding hydrogens is 262 g/mol. The summed E-state index contributed by atoms with van der Waals surface area (Å²) < 4.78 is 7.90. The van der Waals surface area contributed by atoms with Crippen LogP contribution in [0.3, 0.4) is 0 Å². The number of fused-ring (bicyclic) bond motifs is 1. The van der Waals surface area contributed by atoms with E-state index in [9.17, 15) is 0 Å². The Morgan fingerprint density at radius 3 is 2.84 bits per heavy atom. The number of nitrogens with zero attached hydrogens (tertiary/aromatic N) is 4. The molecule has 2 aromatic rings. The zero-order valence-corrected chi connectivity index (χ0v) is 12.5. The van der Waals surface area contributed by atoms with Crippen molar-refractivity contribution in [3.63, 3.8) is 0 Å². The van der Waals surface area contributed by atoms with Crippen molar-refractivity contribution in [1.29, 1.82) is 0 Å². The van der Waals surface area contributed by atoms with Gasteiger partial charge in [-0.2, -0.15) is 4.98 Å². The molecule has 0 aromatic carbocycles. The second-order valence-electron chi connectivity index (χ2n) is 4.82. The summed E-state index contributed by atoms with van der Waals surface area (Å²) in [4.78, 5) is 13.7. The van der Waals surface area contributed by atoms with Crippen molar-refractivity contribution in [2.45, 2.75) is 19.4 Å². The first-order valence-corrected chi connectivity index (χ1v) is 6.59. The fourth-order valence-electron chi connectivity index (χ4n) is 2.05. The Hall–Kier alpha value is -1.47. The highest BCUT2D eigenvalue weighted by Crippen LogP contribution is 2.24. The first kappa shape index (κ1) is 14.0. The van der Waals surface area contributed by atoms with E-state index in [-0.39, 0.29) is 6.04 Å². The van der Waals surface area contributed by atoms with Gasteiger partial charge in [-0.05, 0) is 46.2 Å². The lowest BCUT2D eigenvalue weighted by Gasteiger charge is -2.16. The first-order valence-electron chi connectivity index (χ1n) is 6.18. The Bertz CT molecular complexity index is 618. The quantitative estimate of drug-likeness (QED) is 0.850. The summed E-state index contributed by atoms with van der Waals surface area (Å²) in [6.07, 6.45) is 2.50. The lowest BCUT2D eigenvalue weighted by molar-refractivity contribution is 0.359. The van der Waals surface area contributed by atoms with Crippen molar-refractivity contribution in [3.8, 4) is 5.88 Å². The Morgan fingerprint density at radius 1 is 1.47 bits per heavy atom. The van der Waals surface area contributed by atoms with Gasteiger partial charge in [0.1, 0.15) is 11.8 Å². The van der Waals surface area contributed by atoms with Gasteiger partial charge in [0.2, 0.25) is 5.88 Å². The summed E-state index contributed by atoms with van der Waals surface area (Å²) in [6.45, 7) is 3.14. The molecule has 0 aliphatic carbocycles. The third-order valence-electron chi connectivity index (χ3n) is 3.10. The maximum absolute atomic E-state index is 5.39. The van der Waals surface area contributed by atoms with Crippen molar-refractivity contribution < 1.29 is 4.74 Å². The van der Waals surface area contributed by atoms with Gasteiger partial charge in [-0.25, -0.2) is 4.98 Å². The van der Waals surface area contributed by atoms with Gasteiger partial charge >= 0.3 is 0 Å². The van der Waals surface area contributed by atoms with E-state index >= 15 is 0 Å². The van der Waals surface area contributed by atoms with Crippen LogP contribution in [-0.4, -0.2) is 52.2 Å². The standard InChI is InChI=1S/C12H19N5OS/c1-8(5-6-16(2)3)17-10-9(15-12(17)19)11(18-4)14-7-13-10/h7-8H,5-6H2,1-4H3,(H,15,19). The van der Waals surface area contributed by atoms with Gasteiger partial charge in [-0.3, -0.25) is 4.57 Å². The molecule has 1 unspecified atom stereocenters. The summed E-state index contributed by atoms with van der Waals surface area (Å²) in [7, 11) is 5.71. The molecule has 0 fully saturated rings. The minimum Gasteiger partial charge on any atom is -0.479 e. The molecule has 0 saturated heterocycles. The number of imidazole rings is 1. The van der Waals surface area contributed by atoms with Gasteiger partial charge in [0.15, 0.2) is 10.4 Å². The zero-order chi connectivity index (χ0) is 14.0. The number of rotatable bonds is 5. The topological polar surface area (TPSA) is 59.0 Å². The Kier molecular flexibility index (Phi) is 4.16. The Labute approximate surface area is 117 Å². The summed E-state index contributed by atoms with van der Waals surface area (Å²) >= 11 is 5.39. The summed E-state index contributed by atoms with van der Waals surface area (Å²) in [5.74, 6) is 0.523. The molecule has 7 heteroatoms. The molecule has 2 rings (SSSR count). The van der Waals surface area contributed by atoms with Gasteiger partial charge in [-0.1, -0.05) is 0 Å². The summed E-state index contributed by atoms with van der Waals surface area (Å²) in [6, 6.07) is 0.267. The number of H-pyrrole nitrogens is 1. The third kappa shape index (κ3) is 2.76. The van der Waals surface area contributed by atoms with E-state index in [2.05, 4.69) is 40.9 Å². The predicted octanol–water partition coefficient (Wildman–Crippen LogP) is 2.01. The molecule has 2 heterocycles. The molecule has 0 radical (unpaired) electrons. The Balaban J connectivity index is 2.43. The first-order chi connectivity index (χ1) is 9.04. The largest absolute Gasteiger partial charge is 0.479 e. The molecule has 104 valence electrons. The van der Waals surface area contributed by atoms with Crippen molar-refractivity contribution in [2.24, 2.45) is 0 Å². The number of aromatic amines is 1. The van der Waals surface area contributed by atoms with Gasteiger partial charge < -0.3 is 14.6 Å². The monoisotopic (exact) mass is 281 g/mol. The highest BCUT2D eigenvalue weighted by atomic mass is 32.1. The van der Waals surface area contributed by atoms with Crippen LogP contribution in [0.5, 0.6) is 5.88 Å². The van der Waals surface area contributed by atoms with E-state index in [1.807, 2.05) is 4.57 Å². The fourth-order valence-corrected chi connectivity index (χ4v) is 2.42. The maximum atomic E-state index is 5.39.